The van der Waals surface area contributed by atoms with Gasteiger partial charge in [-0.2, -0.15) is 0 Å². The Kier molecular flexibility index (Phi) is 7.65. The molecule has 0 unspecified atom stereocenters. The van der Waals surface area contributed by atoms with Crippen LogP contribution in [0.15, 0.2) is 40.2 Å². The second-order valence-corrected chi connectivity index (χ2v) is 8.53. The molecule has 26 heavy (non-hydrogen) atoms. The molecule has 1 aliphatic carbocycles. The second-order valence-electron chi connectivity index (χ2n) is 6.99. The van der Waals surface area contributed by atoms with E-state index in [2.05, 4.69) is 46.0 Å². The predicted octanol–water partition coefficient (Wildman–Crippen LogP) is 3.06. The molecule has 2 N–H and O–H groups in total. The molecule has 0 amide bonds. The number of nitrogens with zero attached hydrogens (tertiary/aromatic N) is 1. The van der Waals surface area contributed by atoms with Gasteiger partial charge < -0.3 is 20.1 Å². The molecule has 2 aliphatic rings. The van der Waals surface area contributed by atoms with Crippen LogP contribution >= 0.6 is 11.8 Å². The van der Waals surface area contributed by atoms with E-state index < -0.39 is 0 Å². The zero-order valence-electron chi connectivity index (χ0n) is 15.7. The predicted molar refractivity (Wildman–Crippen MR) is 108 cm³/mol. The number of hydrogen-bond donors (Lipinski definition) is 2. The van der Waals surface area contributed by atoms with Crippen LogP contribution in [-0.4, -0.2) is 56.8 Å². The quantitative estimate of drug-likeness (QED) is 0.394. The van der Waals surface area contributed by atoms with E-state index in [4.69, 9.17) is 9.47 Å². The van der Waals surface area contributed by atoms with Gasteiger partial charge in [-0.05, 0) is 44.2 Å². The van der Waals surface area contributed by atoms with E-state index in [1.165, 1.54) is 17.7 Å². The minimum Gasteiger partial charge on any atom is -0.381 e. The van der Waals surface area contributed by atoms with Gasteiger partial charge in [0.25, 0.3) is 0 Å². The molecule has 1 aromatic rings. The second kappa shape index (κ2) is 10.2. The van der Waals surface area contributed by atoms with Crippen LogP contribution in [-0.2, 0) is 9.47 Å². The molecule has 0 bridgehead atoms. The summed E-state index contributed by atoms with van der Waals surface area (Å²) in [6.45, 7) is 4.29. The van der Waals surface area contributed by atoms with E-state index in [1.807, 2.05) is 18.8 Å². The van der Waals surface area contributed by atoms with Crippen molar-refractivity contribution in [3.05, 3.63) is 30.3 Å². The van der Waals surface area contributed by atoms with E-state index in [0.29, 0.717) is 10.9 Å². The van der Waals surface area contributed by atoms with Crippen molar-refractivity contribution < 1.29 is 9.47 Å². The first kappa shape index (κ1) is 19.5. The van der Waals surface area contributed by atoms with Gasteiger partial charge in [0.05, 0.1) is 6.10 Å². The van der Waals surface area contributed by atoms with Crippen molar-refractivity contribution in [2.24, 2.45) is 4.99 Å². The molecule has 144 valence electrons. The lowest BCUT2D eigenvalue weighted by molar-refractivity contribution is -0.0320. The summed E-state index contributed by atoms with van der Waals surface area (Å²) in [6, 6.07) is 10.7. The topological polar surface area (TPSA) is 54.9 Å². The summed E-state index contributed by atoms with van der Waals surface area (Å²) in [4.78, 5) is 5.69. The van der Waals surface area contributed by atoms with Crippen LogP contribution in [0.3, 0.4) is 0 Å². The zero-order chi connectivity index (χ0) is 18.1. The number of thioether (sulfide) groups is 1. The summed E-state index contributed by atoms with van der Waals surface area (Å²) in [6.07, 6.45) is 5.94. The Hall–Kier alpha value is -1.24. The van der Waals surface area contributed by atoms with Crippen LogP contribution < -0.4 is 10.6 Å². The van der Waals surface area contributed by atoms with Gasteiger partial charge in [-0.15, -0.1) is 11.8 Å². The van der Waals surface area contributed by atoms with Crippen LogP contribution in [0.2, 0.25) is 0 Å². The van der Waals surface area contributed by atoms with Crippen LogP contribution in [0.1, 0.15) is 32.1 Å². The highest BCUT2D eigenvalue weighted by molar-refractivity contribution is 8.01. The first-order valence-corrected chi connectivity index (χ1v) is 10.5. The maximum absolute atomic E-state index is 5.91. The van der Waals surface area contributed by atoms with E-state index in [-0.39, 0.29) is 0 Å². The fraction of sp³-hybridized carbons (Fsp3) is 0.650. The number of nitrogens with one attached hydrogen (secondary N) is 2. The first-order chi connectivity index (χ1) is 12.8. The summed E-state index contributed by atoms with van der Waals surface area (Å²) < 4.78 is 11.6. The van der Waals surface area contributed by atoms with Gasteiger partial charge in [0, 0.05) is 49.6 Å². The van der Waals surface area contributed by atoms with Crippen LogP contribution in [0.5, 0.6) is 0 Å². The average Bonchev–Trinajstić information content (AvgIpc) is 3.45. The molecule has 1 heterocycles. The van der Waals surface area contributed by atoms with E-state index >= 15 is 0 Å². The number of hydrogen-bond acceptors (Lipinski definition) is 4. The summed E-state index contributed by atoms with van der Waals surface area (Å²) in [5.74, 6) is 0.885. The van der Waals surface area contributed by atoms with E-state index in [0.717, 1.165) is 58.1 Å². The molecule has 1 saturated carbocycles. The number of ether oxygens (including phenoxy) is 2. The molecular formula is C20H31N3O2S. The molecule has 0 radical (unpaired) electrons. The number of aliphatic imine (C=N–C) groups is 1. The normalized spacial score (nSPS) is 20.0. The zero-order valence-corrected chi connectivity index (χ0v) is 16.5. The van der Waals surface area contributed by atoms with Gasteiger partial charge in [-0.3, -0.25) is 4.99 Å². The van der Waals surface area contributed by atoms with Crippen molar-refractivity contribution >= 4 is 17.7 Å². The monoisotopic (exact) mass is 377 g/mol. The first-order valence-electron chi connectivity index (χ1n) is 9.68. The minimum atomic E-state index is 0.325. The Morgan fingerprint density at radius 1 is 1.23 bits per heavy atom. The number of benzene rings is 1. The average molecular weight is 378 g/mol. The van der Waals surface area contributed by atoms with Gasteiger partial charge in [-0.1, -0.05) is 18.2 Å². The molecule has 0 atom stereocenters. The Labute approximate surface area is 161 Å². The molecule has 5 nitrogen and oxygen atoms in total. The highest BCUT2D eigenvalue weighted by atomic mass is 32.2. The van der Waals surface area contributed by atoms with Crippen molar-refractivity contribution in [3.8, 4) is 0 Å². The Morgan fingerprint density at radius 3 is 2.69 bits per heavy atom. The summed E-state index contributed by atoms with van der Waals surface area (Å²) in [5, 5.41) is 6.89. The maximum atomic E-state index is 5.91. The van der Waals surface area contributed by atoms with Gasteiger partial charge in [0.2, 0.25) is 0 Å². The summed E-state index contributed by atoms with van der Waals surface area (Å²) in [7, 11) is 1.83. The molecule has 1 saturated heterocycles. The van der Waals surface area contributed by atoms with Crippen molar-refractivity contribution in [3.63, 3.8) is 0 Å². The molecule has 3 rings (SSSR count). The molecule has 1 aliphatic heterocycles. The third-order valence-electron chi connectivity index (χ3n) is 4.82. The lowest BCUT2D eigenvalue weighted by Gasteiger charge is -2.22. The lowest BCUT2D eigenvalue weighted by Crippen LogP contribution is -2.41. The highest BCUT2D eigenvalue weighted by Gasteiger charge is 2.43. The van der Waals surface area contributed by atoms with Gasteiger partial charge in [0.15, 0.2) is 5.96 Å². The smallest absolute Gasteiger partial charge is 0.191 e. The largest absolute Gasteiger partial charge is 0.381 e. The number of guanidine groups is 1. The van der Waals surface area contributed by atoms with Crippen molar-refractivity contribution in [1.29, 1.82) is 0 Å². The van der Waals surface area contributed by atoms with Crippen LogP contribution in [0, 0.1) is 0 Å². The molecule has 0 aromatic heterocycles. The highest BCUT2D eigenvalue weighted by Crippen LogP contribution is 2.51. The van der Waals surface area contributed by atoms with E-state index in [1.54, 1.807) is 0 Å². The Bertz CT molecular complexity index is 557. The Morgan fingerprint density at radius 2 is 2.00 bits per heavy atom. The fourth-order valence-electron chi connectivity index (χ4n) is 3.03. The van der Waals surface area contributed by atoms with Crippen molar-refractivity contribution in [2.45, 2.75) is 47.9 Å². The summed E-state index contributed by atoms with van der Waals surface area (Å²) >= 11 is 1.98. The molecule has 6 heteroatoms. The molecule has 2 fully saturated rings. The SMILES string of the molecule is CN=C(NCCCOC1CCOCC1)NCC1(Sc2ccccc2)CC1. The number of rotatable bonds is 9. The molecular weight excluding hydrogens is 346 g/mol. The minimum absolute atomic E-state index is 0.325. The fourth-order valence-corrected chi connectivity index (χ4v) is 4.27. The van der Waals surface area contributed by atoms with E-state index in [9.17, 15) is 0 Å². The van der Waals surface area contributed by atoms with Crippen LogP contribution in [0.4, 0.5) is 0 Å². The molecule has 1 aromatic carbocycles. The van der Waals surface area contributed by atoms with Crippen LogP contribution in [0.25, 0.3) is 0 Å². The Balaban J connectivity index is 1.29. The molecule has 0 spiro atoms. The standard InChI is InChI=1S/C20H31N3O2S/c1-21-19(22-12-5-13-25-17-8-14-24-15-9-17)23-16-20(10-11-20)26-18-6-3-2-4-7-18/h2-4,6-7,17H,5,8-16H2,1H3,(H2,21,22,23). The van der Waals surface area contributed by atoms with Gasteiger partial charge in [0.1, 0.15) is 0 Å². The third-order valence-corrected chi connectivity index (χ3v) is 6.32. The van der Waals surface area contributed by atoms with Gasteiger partial charge >= 0.3 is 0 Å². The van der Waals surface area contributed by atoms with Crippen molar-refractivity contribution in [1.82, 2.24) is 10.6 Å². The maximum Gasteiger partial charge on any atom is 0.191 e. The third kappa shape index (κ3) is 6.49. The summed E-state index contributed by atoms with van der Waals surface area (Å²) in [5.41, 5.74) is 0. The van der Waals surface area contributed by atoms with Gasteiger partial charge in [-0.25, -0.2) is 0 Å². The lowest BCUT2D eigenvalue weighted by atomic mass is 10.1. The van der Waals surface area contributed by atoms with Crippen molar-refractivity contribution in [2.75, 3.05) is 40.0 Å².